The molecule has 0 bridgehead atoms. The topological polar surface area (TPSA) is 81.9 Å². The van der Waals surface area contributed by atoms with Crippen molar-refractivity contribution in [3.05, 3.63) is 0 Å². The van der Waals surface area contributed by atoms with Crippen molar-refractivity contribution in [2.75, 3.05) is 6.54 Å². The van der Waals surface area contributed by atoms with Gasteiger partial charge in [-0.05, 0) is 65.7 Å². The van der Waals surface area contributed by atoms with Gasteiger partial charge in [0.2, 0.25) is 5.91 Å². The zero-order chi connectivity index (χ0) is 21.9. The Kier molecular flexibility index (Phi) is 7.63. The summed E-state index contributed by atoms with van der Waals surface area (Å²) in [5, 5.41) is 0. The van der Waals surface area contributed by atoms with Crippen LogP contribution >= 0.6 is 0 Å². The van der Waals surface area contributed by atoms with Crippen LogP contribution in [0.2, 0.25) is 0 Å². The molecule has 6 heteroatoms. The van der Waals surface area contributed by atoms with Gasteiger partial charge in [-0.3, -0.25) is 9.69 Å². The van der Waals surface area contributed by atoms with Crippen molar-refractivity contribution in [2.45, 2.75) is 116 Å². The number of primary amides is 1. The lowest BCUT2D eigenvalue weighted by Crippen LogP contribution is -2.46. The molecule has 6 nitrogen and oxygen atoms in total. The molecule has 168 valence electrons. The van der Waals surface area contributed by atoms with Crippen LogP contribution in [0.5, 0.6) is 0 Å². The molecule has 2 amide bonds. The summed E-state index contributed by atoms with van der Waals surface area (Å²) in [7, 11) is 0. The molecular formula is C23H42N2O4. The van der Waals surface area contributed by atoms with Gasteiger partial charge in [-0.1, -0.05) is 39.0 Å². The van der Waals surface area contributed by atoms with E-state index in [4.69, 9.17) is 15.2 Å². The van der Waals surface area contributed by atoms with Crippen LogP contribution in [0.3, 0.4) is 0 Å². The number of amides is 2. The van der Waals surface area contributed by atoms with Crippen LogP contribution in [0.1, 0.15) is 99.3 Å². The Balaban J connectivity index is 2.17. The highest BCUT2D eigenvalue weighted by molar-refractivity contribution is 5.73. The predicted octanol–water partition coefficient (Wildman–Crippen LogP) is 4.99. The second kappa shape index (κ2) is 9.23. The molecule has 2 N–H and O–H groups in total. The first-order valence-electron chi connectivity index (χ1n) is 11.3. The van der Waals surface area contributed by atoms with E-state index in [1.54, 1.807) is 4.90 Å². The van der Waals surface area contributed by atoms with Gasteiger partial charge >= 0.3 is 6.09 Å². The van der Waals surface area contributed by atoms with E-state index in [1.165, 1.54) is 32.1 Å². The molecule has 1 aliphatic carbocycles. The smallest absolute Gasteiger partial charge is 0.412 e. The maximum Gasteiger partial charge on any atom is 0.412 e. The Labute approximate surface area is 176 Å². The largest absolute Gasteiger partial charge is 0.444 e. The number of nitrogens with zero attached hydrogens (tertiary/aromatic N) is 1. The summed E-state index contributed by atoms with van der Waals surface area (Å²) in [6.07, 6.45) is 9.03. The van der Waals surface area contributed by atoms with Crippen molar-refractivity contribution in [2.24, 2.45) is 17.6 Å². The maximum atomic E-state index is 12.9. The second-order valence-electron chi connectivity index (χ2n) is 10.8. The fourth-order valence-corrected chi connectivity index (χ4v) is 4.91. The van der Waals surface area contributed by atoms with E-state index in [-0.39, 0.29) is 17.9 Å². The predicted molar refractivity (Wildman–Crippen MR) is 114 cm³/mol. The number of carbonyl (C=O) groups excluding carboxylic acids is 2. The summed E-state index contributed by atoms with van der Waals surface area (Å²) >= 11 is 0. The first-order valence-corrected chi connectivity index (χ1v) is 11.3. The standard InChI is InChI=1S/C23H42N2O4/c1-17(14-19(24)26)12-13-23(15-18-10-8-7-9-11-18)16-25(22(5,6)29-23)20(27)28-21(2,3)4/h17-18H,7-16H2,1-6H3,(H2,24,26)/t17-,23-/m0/s1. The molecule has 1 heterocycles. The fourth-order valence-electron chi connectivity index (χ4n) is 4.91. The van der Waals surface area contributed by atoms with Gasteiger partial charge in [0.05, 0.1) is 12.1 Å². The minimum absolute atomic E-state index is 0.206. The minimum Gasteiger partial charge on any atom is -0.444 e. The molecule has 1 aliphatic heterocycles. The SMILES string of the molecule is C[C@@H](CC[C@]1(CC2CCCCC2)CN(C(=O)OC(C)(C)C)C(C)(C)O1)CC(N)=O. The molecule has 1 saturated carbocycles. The number of hydrogen-bond acceptors (Lipinski definition) is 4. The van der Waals surface area contributed by atoms with Crippen molar-refractivity contribution in [1.82, 2.24) is 4.90 Å². The average molecular weight is 411 g/mol. The molecule has 0 aromatic rings. The summed E-state index contributed by atoms with van der Waals surface area (Å²) in [6, 6.07) is 0. The summed E-state index contributed by atoms with van der Waals surface area (Å²) in [4.78, 5) is 26.0. The summed E-state index contributed by atoms with van der Waals surface area (Å²) in [6.45, 7) is 12.2. The van der Waals surface area contributed by atoms with Crippen LogP contribution in [0.4, 0.5) is 4.79 Å². The lowest BCUT2D eigenvalue weighted by molar-refractivity contribution is -0.129. The van der Waals surface area contributed by atoms with Gasteiger partial charge < -0.3 is 15.2 Å². The molecule has 2 rings (SSSR count). The van der Waals surface area contributed by atoms with Gasteiger partial charge in [0.25, 0.3) is 0 Å². The van der Waals surface area contributed by atoms with Crippen molar-refractivity contribution < 1.29 is 19.1 Å². The Morgan fingerprint density at radius 3 is 2.38 bits per heavy atom. The molecular weight excluding hydrogens is 368 g/mol. The van der Waals surface area contributed by atoms with Crippen LogP contribution in [-0.4, -0.2) is 40.4 Å². The molecule has 0 aromatic carbocycles. The van der Waals surface area contributed by atoms with Crippen molar-refractivity contribution in [3.63, 3.8) is 0 Å². The van der Waals surface area contributed by atoms with Gasteiger partial charge in [-0.15, -0.1) is 0 Å². The average Bonchev–Trinajstić information content (AvgIpc) is 2.83. The van der Waals surface area contributed by atoms with E-state index in [2.05, 4.69) is 6.92 Å². The third-order valence-electron chi connectivity index (χ3n) is 6.20. The minimum atomic E-state index is -0.718. The zero-order valence-electron chi connectivity index (χ0n) is 19.4. The zero-order valence-corrected chi connectivity index (χ0v) is 19.4. The molecule has 29 heavy (non-hydrogen) atoms. The van der Waals surface area contributed by atoms with E-state index in [0.717, 1.165) is 19.3 Å². The van der Waals surface area contributed by atoms with Crippen LogP contribution in [0.15, 0.2) is 0 Å². The van der Waals surface area contributed by atoms with E-state index < -0.39 is 16.9 Å². The fraction of sp³-hybridized carbons (Fsp3) is 0.913. The Hall–Kier alpha value is -1.30. The Morgan fingerprint density at radius 2 is 1.83 bits per heavy atom. The number of ether oxygens (including phenoxy) is 2. The highest BCUT2D eigenvalue weighted by Gasteiger charge is 2.52. The van der Waals surface area contributed by atoms with Gasteiger partial charge in [0.15, 0.2) is 0 Å². The first-order chi connectivity index (χ1) is 13.3. The molecule has 2 fully saturated rings. The molecule has 2 atom stereocenters. The van der Waals surface area contributed by atoms with E-state index in [1.807, 2.05) is 34.6 Å². The molecule has 0 radical (unpaired) electrons. The molecule has 0 spiro atoms. The van der Waals surface area contributed by atoms with E-state index in [9.17, 15) is 9.59 Å². The number of nitrogens with two attached hydrogens (primary N) is 1. The summed E-state index contributed by atoms with van der Waals surface area (Å²) in [5.74, 6) is 0.574. The van der Waals surface area contributed by atoms with Gasteiger partial charge in [-0.2, -0.15) is 0 Å². The monoisotopic (exact) mass is 410 g/mol. The van der Waals surface area contributed by atoms with Crippen molar-refractivity contribution in [1.29, 1.82) is 0 Å². The van der Waals surface area contributed by atoms with Crippen LogP contribution in [0.25, 0.3) is 0 Å². The summed E-state index contributed by atoms with van der Waals surface area (Å²) < 4.78 is 12.3. The van der Waals surface area contributed by atoms with Gasteiger partial charge in [0, 0.05) is 6.42 Å². The Morgan fingerprint density at radius 1 is 1.21 bits per heavy atom. The molecule has 0 aromatic heterocycles. The van der Waals surface area contributed by atoms with Crippen LogP contribution < -0.4 is 5.73 Å². The van der Waals surface area contributed by atoms with E-state index >= 15 is 0 Å². The number of rotatable bonds is 7. The number of hydrogen-bond donors (Lipinski definition) is 1. The first kappa shape index (κ1) is 24.0. The summed E-state index contributed by atoms with van der Waals surface area (Å²) in [5.41, 5.74) is 3.73. The Bertz CT molecular complexity index is 578. The van der Waals surface area contributed by atoms with Gasteiger partial charge in [0.1, 0.15) is 11.3 Å². The maximum absolute atomic E-state index is 12.9. The van der Waals surface area contributed by atoms with Crippen molar-refractivity contribution >= 4 is 12.0 Å². The van der Waals surface area contributed by atoms with Crippen LogP contribution in [0, 0.1) is 11.8 Å². The van der Waals surface area contributed by atoms with Crippen LogP contribution in [-0.2, 0) is 14.3 Å². The molecule has 1 saturated heterocycles. The molecule has 0 unspecified atom stereocenters. The second-order valence-corrected chi connectivity index (χ2v) is 10.8. The third kappa shape index (κ3) is 7.16. The van der Waals surface area contributed by atoms with Gasteiger partial charge in [-0.25, -0.2) is 4.79 Å². The normalized spacial score (nSPS) is 26.3. The highest BCUT2D eigenvalue weighted by atomic mass is 16.6. The van der Waals surface area contributed by atoms with E-state index in [0.29, 0.717) is 18.9 Å². The number of carbonyl (C=O) groups is 2. The lowest BCUT2D eigenvalue weighted by atomic mass is 9.78. The third-order valence-corrected chi connectivity index (χ3v) is 6.20. The molecule has 2 aliphatic rings. The highest BCUT2D eigenvalue weighted by Crippen LogP contribution is 2.44. The quantitative estimate of drug-likeness (QED) is 0.641. The van der Waals surface area contributed by atoms with Crippen molar-refractivity contribution in [3.8, 4) is 0 Å². The lowest BCUT2D eigenvalue weighted by Gasteiger charge is -2.35.